The normalized spacial score (nSPS) is 39.5. The van der Waals surface area contributed by atoms with Crippen molar-refractivity contribution in [3.05, 3.63) is 23.3 Å². The number of hydrogen-bond donors (Lipinski definition) is 0. The average molecular weight is 420 g/mol. The molecule has 8 nitrogen and oxygen atoms in total. The van der Waals surface area contributed by atoms with E-state index in [1.54, 1.807) is 6.08 Å². The first kappa shape index (κ1) is 21.1. The third-order valence-electron chi connectivity index (χ3n) is 6.16. The molecule has 0 radical (unpaired) electrons. The highest BCUT2D eigenvalue weighted by molar-refractivity contribution is 5.92. The SMILES string of the molecule is CC(=O)OC1[C@H](OC(C)=O)O[C@@H]2O[C@@H]3OC(=O)/C(=C\C=C4\CCCC(C)(C)C4)[C@@H]3[C@H]12. The Morgan fingerprint density at radius 3 is 2.47 bits per heavy atom. The van der Waals surface area contributed by atoms with Gasteiger partial charge in [-0.3, -0.25) is 9.59 Å². The number of esters is 3. The molecule has 0 bridgehead atoms. The number of fused-ring (bicyclic) bond motifs is 3. The van der Waals surface area contributed by atoms with Gasteiger partial charge in [-0.2, -0.15) is 0 Å². The van der Waals surface area contributed by atoms with Crippen molar-refractivity contribution in [2.24, 2.45) is 17.3 Å². The predicted octanol–water partition coefficient (Wildman–Crippen LogP) is 2.76. The molecule has 6 atom stereocenters. The lowest BCUT2D eigenvalue weighted by molar-refractivity contribution is -0.244. The molecule has 4 fully saturated rings. The van der Waals surface area contributed by atoms with Crippen LogP contribution in [0, 0.1) is 17.3 Å². The molecular formula is C22H28O8. The molecule has 0 aromatic heterocycles. The average Bonchev–Trinajstić information content (AvgIpc) is 3.20. The standard InChI is InChI=1S/C22H28O8/c1-11(23)26-17-16-15-14(8-7-13-6-5-9-22(3,4)10-13)18(25)28-19(15)29-20(16)30-21(17)27-12(2)24/h7-8,15-17,19-21H,5-6,9-10H2,1-4H3/b13-7-,14-8-/t15-,16-,17?,19+,20+,21-/m1/s1. The van der Waals surface area contributed by atoms with Crippen LogP contribution in [0.15, 0.2) is 23.3 Å². The van der Waals surface area contributed by atoms with E-state index in [1.165, 1.54) is 25.8 Å². The summed E-state index contributed by atoms with van der Waals surface area (Å²) in [6, 6.07) is 0. The molecule has 4 aliphatic rings. The van der Waals surface area contributed by atoms with Gasteiger partial charge in [0.15, 0.2) is 12.4 Å². The van der Waals surface area contributed by atoms with Crippen LogP contribution >= 0.6 is 0 Å². The third-order valence-corrected chi connectivity index (χ3v) is 6.16. The zero-order valence-electron chi connectivity index (χ0n) is 17.7. The molecular weight excluding hydrogens is 392 g/mol. The highest BCUT2D eigenvalue weighted by Gasteiger charge is 2.64. The summed E-state index contributed by atoms with van der Waals surface area (Å²) in [5, 5.41) is 0. The van der Waals surface area contributed by atoms with Crippen LogP contribution in [-0.4, -0.2) is 42.9 Å². The second-order valence-electron chi connectivity index (χ2n) is 9.21. The van der Waals surface area contributed by atoms with E-state index in [4.69, 9.17) is 23.7 Å². The van der Waals surface area contributed by atoms with Crippen LogP contribution in [0.5, 0.6) is 0 Å². The number of hydrogen-bond acceptors (Lipinski definition) is 8. The second-order valence-corrected chi connectivity index (χ2v) is 9.21. The molecule has 1 saturated carbocycles. The van der Waals surface area contributed by atoms with Gasteiger partial charge in [0.05, 0.1) is 11.8 Å². The van der Waals surface area contributed by atoms with E-state index in [2.05, 4.69) is 13.8 Å². The number of carbonyl (C=O) groups excluding carboxylic acids is 3. The van der Waals surface area contributed by atoms with Gasteiger partial charge >= 0.3 is 17.9 Å². The second kappa shape index (κ2) is 7.81. The summed E-state index contributed by atoms with van der Waals surface area (Å²) >= 11 is 0. The lowest BCUT2D eigenvalue weighted by Gasteiger charge is -2.31. The highest BCUT2D eigenvalue weighted by Crippen LogP contribution is 2.51. The molecule has 30 heavy (non-hydrogen) atoms. The summed E-state index contributed by atoms with van der Waals surface area (Å²) < 4.78 is 27.4. The first-order chi connectivity index (χ1) is 14.1. The molecule has 0 N–H and O–H groups in total. The number of ether oxygens (including phenoxy) is 5. The molecule has 3 aliphatic heterocycles. The van der Waals surface area contributed by atoms with Gasteiger partial charge in [-0.15, -0.1) is 0 Å². The summed E-state index contributed by atoms with van der Waals surface area (Å²) in [7, 11) is 0. The van der Waals surface area contributed by atoms with Crippen LogP contribution in [0.2, 0.25) is 0 Å². The third kappa shape index (κ3) is 4.03. The van der Waals surface area contributed by atoms with Gasteiger partial charge in [0.2, 0.25) is 12.6 Å². The first-order valence-electron chi connectivity index (χ1n) is 10.4. The van der Waals surface area contributed by atoms with Gasteiger partial charge in [-0.25, -0.2) is 4.79 Å². The van der Waals surface area contributed by atoms with Gasteiger partial charge in [-0.1, -0.05) is 31.6 Å². The lowest BCUT2D eigenvalue weighted by Crippen LogP contribution is -2.38. The van der Waals surface area contributed by atoms with Gasteiger partial charge in [0, 0.05) is 19.4 Å². The minimum atomic E-state index is -1.09. The zero-order chi connectivity index (χ0) is 21.6. The van der Waals surface area contributed by atoms with Crippen molar-refractivity contribution in [2.45, 2.75) is 78.4 Å². The molecule has 0 aromatic rings. The van der Waals surface area contributed by atoms with Crippen LogP contribution < -0.4 is 0 Å². The smallest absolute Gasteiger partial charge is 0.336 e. The summed E-state index contributed by atoms with van der Waals surface area (Å²) in [5.74, 6) is -2.53. The summed E-state index contributed by atoms with van der Waals surface area (Å²) in [4.78, 5) is 35.6. The fourth-order valence-corrected chi connectivity index (χ4v) is 4.99. The Bertz CT molecular complexity index is 810. The Morgan fingerprint density at radius 2 is 1.80 bits per heavy atom. The molecule has 0 aromatic carbocycles. The molecule has 164 valence electrons. The number of carbonyl (C=O) groups is 3. The Hall–Kier alpha value is -2.19. The van der Waals surface area contributed by atoms with Crippen LogP contribution in [0.25, 0.3) is 0 Å². The predicted molar refractivity (Wildman–Crippen MR) is 102 cm³/mol. The van der Waals surface area contributed by atoms with Gasteiger partial charge < -0.3 is 23.7 Å². The summed E-state index contributed by atoms with van der Waals surface area (Å²) in [6.45, 7) is 7.01. The van der Waals surface area contributed by atoms with Crippen molar-refractivity contribution >= 4 is 17.9 Å². The van der Waals surface area contributed by atoms with E-state index < -0.39 is 54.7 Å². The molecule has 1 aliphatic carbocycles. The largest absolute Gasteiger partial charge is 0.455 e. The number of allylic oxidation sites excluding steroid dienone is 3. The van der Waals surface area contributed by atoms with E-state index in [1.807, 2.05) is 6.08 Å². The van der Waals surface area contributed by atoms with E-state index >= 15 is 0 Å². The molecule has 3 heterocycles. The topological polar surface area (TPSA) is 97.4 Å². The maximum absolute atomic E-state index is 12.5. The molecule has 0 amide bonds. The van der Waals surface area contributed by atoms with Crippen LogP contribution in [0.4, 0.5) is 0 Å². The molecule has 0 spiro atoms. The van der Waals surface area contributed by atoms with Crippen molar-refractivity contribution in [2.75, 3.05) is 0 Å². The van der Waals surface area contributed by atoms with Crippen molar-refractivity contribution < 1.29 is 38.1 Å². The molecule has 3 saturated heterocycles. The van der Waals surface area contributed by atoms with E-state index in [0.717, 1.165) is 19.3 Å². The fraction of sp³-hybridized carbons (Fsp3) is 0.682. The minimum absolute atomic E-state index is 0.250. The van der Waals surface area contributed by atoms with Crippen LogP contribution in [0.3, 0.4) is 0 Å². The lowest BCUT2D eigenvalue weighted by atomic mass is 9.75. The van der Waals surface area contributed by atoms with Crippen molar-refractivity contribution in [3.63, 3.8) is 0 Å². The number of rotatable bonds is 3. The van der Waals surface area contributed by atoms with Gasteiger partial charge in [0.1, 0.15) is 0 Å². The highest BCUT2D eigenvalue weighted by atomic mass is 16.8. The molecule has 8 heteroatoms. The maximum Gasteiger partial charge on any atom is 0.336 e. The Kier molecular flexibility index (Phi) is 5.48. The molecule has 1 unspecified atom stereocenters. The molecule has 4 rings (SSSR count). The van der Waals surface area contributed by atoms with Gasteiger partial charge in [0.25, 0.3) is 0 Å². The van der Waals surface area contributed by atoms with E-state index in [0.29, 0.717) is 5.57 Å². The van der Waals surface area contributed by atoms with E-state index in [-0.39, 0.29) is 5.41 Å². The van der Waals surface area contributed by atoms with Crippen molar-refractivity contribution in [3.8, 4) is 0 Å². The zero-order valence-corrected chi connectivity index (χ0v) is 17.7. The first-order valence-corrected chi connectivity index (χ1v) is 10.4. The van der Waals surface area contributed by atoms with Gasteiger partial charge in [-0.05, 0) is 31.1 Å². The summed E-state index contributed by atoms with van der Waals surface area (Å²) in [5.41, 5.74) is 2.01. The van der Waals surface area contributed by atoms with Crippen molar-refractivity contribution in [1.29, 1.82) is 0 Å². The summed E-state index contributed by atoms with van der Waals surface area (Å²) in [6.07, 6.45) is 4.53. The minimum Gasteiger partial charge on any atom is -0.455 e. The Morgan fingerprint density at radius 1 is 1.07 bits per heavy atom. The quantitative estimate of drug-likeness (QED) is 0.391. The van der Waals surface area contributed by atoms with Crippen LogP contribution in [0.1, 0.15) is 53.4 Å². The van der Waals surface area contributed by atoms with Crippen molar-refractivity contribution in [1.82, 2.24) is 0 Å². The Balaban J connectivity index is 1.61. The van der Waals surface area contributed by atoms with E-state index in [9.17, 15) is 14.4 Å². The Labute approximate surface area is 175 Å². The monoisotopic (exact) mass is 420 g/mol. The fourth-order valence-electron chi connectivity index (χ4n) is 4.99. The maximum atomic E-state index is 12.5. The van der Waals surface area contributed by atoms with Crippen LogP contribution in [-0.2, 0) is 38.1 Å².